The van der Waals surface area contributed by atoms with Crippen LogP contribution in [0.5, 0.6) is 5.75 Å². The Labute approximate surface area is 110 Å². The summed E-state index contributed by atoms with van der Waals surface area (Å²) >= 11 is 1.68. The molecule has 0 fully saturated rings. The highest BCUT2D eigenvalue weighted by molar-refractivity contribution is 7.09. The highest BCUT2D eigenvalue weighted by atomic mass is 32.1. The van der Waals surface area contributed by atoms with Crippen molar-refractivity contribution in [3.63, 3.8) is 0 Å². The second-order valence-electron chi connectivity index (χ2n) is 3.99. The summed E-state index contributed by atoms with van der Waals surface area (Å²) in [5.74, 6) is 0.00911. The van der Waals surface area contributed by atoms with Crippen LogP contribution in [0.2, 0.25) is 0 Å². The number of benzene rings is 1. The summed E-state index contributed by atoms with van der Waals surface area (Å²) in [7, 11) is 3.33. The third kappa shape index (κ3) is 2.71. The van der Waals surface area contributed by atoms with Crippen LogP contribution in [-0.2, 0) is 6.42 Å². The summed E-state index contributed by atoms with van der Waals surface area (Å²) in [5.41, 5.74) is 0.644. The summed E-state index contributed by atoms with van der Waals surface area (Å²) in [6.45, 7) is 0. The van der Waals surface area contributed by atoms with Gasteiger partial charge in [0, 0.05) is 22.9 Å². The second kappa shape index (κ2) is 5.98. The zero-order chi connectivity index (χ0) is 13.0. The average molecular weight is 265 g/mol. The van der Waals surface area contributed by atoms with Crippen LogP contribution in [0.15, 0.2) is 35.7 Å². The van der Waals surface area contributed by atoms with Crippen molar-refractivity contribution < 1.29 is 9.13 Å². The highest BCUT2D eigenvalue weighted by Gasteiger charge is 2.17. The number of methoxy groups -OCH3 is 1. The Balaban J connectivity index is 2.27. The van der Waals surface area contributed by atoms with Gasteiger partial charge in [0.1, 0.15) is 0 Å². The molecule has 0 radical (unpaired) electrons. The van der Waals surface area contributed by atoms with E-state index in [-0.39, 0.29) is 11.9 Å². The summed E-state index contributed by atoms with van der Waals surface area (Å²) < 4.78 is 19.2. The fourth-order valence-corrected chi connectivity index (χ4v) is 2.70. The molecular formula is C14H16FNOS. The fraction of sp³-hybridized carbons (Fsp3) is 0.286. The molecule has 1 heterocycles. The Morgan fingerprint density at radius 2 is 2.17 bits per heavy atom. The molecule has 2 aromatic rings. The van der Waals surface area contributed by atoms with E-state index in [2.05, 4.69) is 11.4 Å². The molecule has 0 aliphatic carbocycles. The number of ether oxygens (including phenoxy) is 1. The predicted molar refractivity (Wildman–Crippen MR) is 72.8 cm³/mol. The molecule has 0 bridgehead atoms. The second-order valence-corrected chi connectivity index (χ2v) is 5.02. The van der Waals surface area contributed by atoms with Gasteiger partial charge in [0.2, 0.25) is 0 Å². The van der Waals surface area contributed by atoms with Crippen LogP contribution in [0.3, 0.4) is 0 Å². The van der Waals surface area contributed by atoms with E-state index in [1.54, 1.807) is 23.5 Å². The Morgan fingerprint density at radius 1 is 1.33 bits per heavy atom. The van der Waals surface area contributed by atoms with Gasteiger partial charge >= 0.3 is 0 Å². The molecule has 0 saturated heterocycles. The number of likely N-dealkylation sites (N-methyl/N-ethyl adjacent to an activating group) is 1. The summed E-state index contributed by atoms with van der Waals surface area (Å²) in [6, 6.07) is 9.28. The maximum Gasteiger partial charge on any atom is 0.169 e. The standard InChI is InChI=1S/C14H16FNOS/c1-16-12(9-10-5-4-8-18-10)11-6-3-7-13(17-2)14(11)15/h3-8,12,16H,9H2,1-2H3. The first-order chi connectivity index (χ1) is 8.76. The number of hydrogen-bond donors (Lipinski definition) is 1. The topological polar surface area (TPSA) is 21.3 Å². The number of rotatable bonds is 5. The number of thiophene rings is 1. The molecule has 2 rings (SSSR count). The molecule has 0 aliphatic rings. The lowest BCUT2D eigenvalue weighted by atomic mass is 10.0. The van der Waals surface area contributed by atoms with Crippen molar-refractivity contribution in [3.05, 3.63) is 52.0 Å². The third-order valence-electron chi connectivity index (χ3n) is 2.92. The lowest BCUT2D eigenvalue weighted by Gasteiger charge is -2.17. The van der Waals surface area contributed by atoms with Gasteiger partial charge in [-0.1, -0.05) is 18.2 Å². The Morgan fingerprint density at radius 3 is 2.78 bits per heavy atom. The molecule has 0 spiro atoms. The minimum Gasteiger partial charge on any atom is -0.494 e. The normalized spacial score (nSPS) is 12.4. The first kappa shape index (κ1) is 13.1. The van der Waals surface area contributed by atoms with Gasteiger partial charge in [-0.2, -0.15) is 0 Å². The van der Waals surface area contributed by atoms with Gasteiger partial charge in [-0.25, -0.2) is 4.39 Å². The van der Waals surface area contributed by atoms with Gasteiger partial charge in [0.05, 0.1) is 7.11 Å². The molecule has 1 aromatic carbocycles. The monoisotopic (exact) mass is 265 g/mol. The smallest absolute Gasteiger partial charge is 0.169 e. The first-order valence-electron chi connectivity index (χ1n) is 5.78. The molecule has 1 aromatic heterocycles. The van der Waals surface area contributed by atoms with Crippen molar-refractivity contribution in [2.24, 2.45) is 0 Å². The molecule has 96 valence electrons. The van der Waals surface area contributed by atoms with Crippen molar-refractivity contribution in [1.82, 2.24) is 5.32 Å². The van der Waals surface area contributed by atoms with Crippen LogP contribution >= 0.6 is 11.3 Å². The summed E-state index contributed by atoms with van der Waals surface area (Å²) in [4.78, 5) is 1.23. The molecule has 0 saturated carbocycles. The van der Waals surface area contributed by atoms with Gasteiger partial charge in [0.25, 0.3) is 0 Å². The molecule has 4 heteroatoms. The van der Waals surface area contributed by atoms with E-state index in [9.17, 15) is 4.39 Å². The fourth-order valence-electron chi connectivity index (χ4n) is 1.95. The van der Waals surface area contributed by atoms with Gasteiger partial charge < -0.3 is 10.1 Å². The molecule has 1 unspecified atom stereocenters. The zero-order valence-corrected chi connectivity index (χ0v) is 11.3. The van der Waals surface area contributed by atoms with E-state index in [1.165, 1.54) is 12.0 Å². The molecule has 1 N–H and O–H groups in total. The molecule has 1 atom stereocenters. The Kier molecular flexibility index (Phi) is 4.33. The third-order valence-corrected chi connectivity index (χ3v) is 3.82. The van der Waals surface area contributed by atoms with E-state index in [1.807, 2.05) is 24.6 Å². The SMILES string of the molecule is CNC(Cc1cccs1)c1cccc(OC)c1F. The van der Waals surface area contributed by atoms with Gasteiger partial charge in [-0.05, 0) is 24.6 Å². The van der Waals surface area contributed by atoms with Crippen molar-refractivity contribution in [1.29, 1.82) is 0 Å². The van der Waals surface area contributed by atoms with Gasteiger partial charge in [-0.3, -0.25) is 0 Å². The van der Waals surface area contributed by atoms with Crippen LogP contribution in [0.25, 0.3) is 0 Å². The number of halogens is 1. The van der Waals surface area contributed by atoms with E-state index in [0.29, 0.717) is 11.3 Å². The van der Waals surface area contributed by atoms with E-state index in [0.717, 1.165) is 6.42 Å². The van der Waals surface area contributed by atoms with Gasteiger partial charge in [0.15, 0.2) is 11.6 Å². The van der Waals surface area contributed by atoms with E-state index >= 15 is 0 Å². The molecule has 18 heavy (non-hydrogen) atoms. The average Bonchev–Trinajstić information content (AvgIpc) is 2.89. The highest BCUT2D eigenvalue weighted by Crippen LogP contribution is 2.28. The Bertz CT molecular complexity index is 499. The van der Waals surface area contributed by atoms with Crippen LogP contribution in [0.1, 0.15) is 16.5 Å². The quantitative estimate of drug-likeness (QED) is 0.894. The van der Waals surface area contributed by atoms with Crippen molar-refractivity contribution in [2.45, 2.75) is 12.5 Å². The lowest BCUT2D eigenvalue weighted by molar-refractivity contribution is 0.380. The molecule has 0 aliphatic heterocycles. The molecule has 2 nitrogen and oxygen atoms in total. The summed E-state index contributed by atoms with van der Waals surface area (Å²) in [5, 5.41) is 5.19. The van der Waals surface area contributed by atoms with Crippen molar-refractivity contribution in [3.8, 4) is 5.75 Å². The van der Waals surface area contributed by atoms with Crippen LogP contribution in [0, 0.1) is 5.82 Å². The maximum atomic E-state index is 14.2. The predicted octanol–water partition coefficient (Wildman–Crippen LogP) is 3.40. The minimum atomic E-state index is -0.282. The van der Waals surface area contributed by atoms with E-state index in [4.69, 9.17) is 4.74 Å². The zero-order valence-electron chi connectivity index (χ0n) is 10.4. The van der Waals surface area contributed by atoms with E-state index < -0.39 is 0 Å². The van der Waals surface area contributed by atoms with Crippen LogP contribution < -0.4 is 10.1 Å². The number of nitrogens with one attached hydrogen (secondary N) is 1. The molecular weight excluding hydrogens is 249 g/mol. The maximum absolute atomic E-state index is 14.2. The number of hydrogen-bond acceptors (Lipinski definition) is 3. The minimum absolute atomic E-state index is 0.0428. The summed E-state index contributed by atoms with van der Waals surface area (Å²) in [6.07, 6.45) is 0.776. The first-order valence-corrected chi connectivity index (χ1v) is 6.66. The lowest BCUT2D eigenvalue weighted by Crippen LogP contribution is -2.19. The van der Waals surface area contributed by atoms with Gasteiger partial charge in [-0.15, -0.1) is 11.3 Å². The largest absolute Gasteiger partial charge is 0.494 e. The van der Waals surface area contributed by atoms with Crippen molar-refractivity contribution in [2.75, 3.05) is 14.2 Å². The Hall–Kier alpha value is -1.39. The van der Waals surface area contributed by atoms with Crippen LogP contribution in [0.4, 0.5) is 4.39 Å². The molecule has 0 amide bonds. The van der Waals surface area contributed by atoms with Crippen molar-refractivity contribution >= 4 is 11.3 Å². The van der Waals surface area contributed by atoms with Crippen LogP contribution in [-0.4, -0.2) is 14.2 Å².